The van der Waals surface area contributed by atoms with Crippen molar-refractivity contribution in [2.45, 2.75) is 18.5 Å². The fourth-order valence-electron chi connectivity index (χ4n) is 1.99. The van der Waals surface area contributed by atoms with E-state index in [1.165, 1.54) is 0 Å². The minimum Gasteiger partial charge on any atom is -0.333 e. The van der Waals surface area contributed by atoms with Crippen LogP contribution in [0.15, 0.2) is 0 Å². The first kappa shape index (κ1) is 8.39. The summed E-state index contributed by atoms with van der Waals surface area (Å²) in [4.78, 5) is 13.2. The van der Waals surface area contributed by atoms with Gasteiger partial charge in [-0.3, -0.25) is 4.90 Å². The van der Waals surface area contributed by atoms with Gasteiger partial charge in [-0.05, 0) is 6.42 Å². The topological polar surface area (TPSA) is 44.4 Å². The number of carbonyl (C=O) groups is 1. The average molecular weight is 179 g/mol. The molecule has 2 aliphatic rings. The normalized spacial score (nSPS) is 33.0. The Morgan fingerprint density at radius 3 is 3.08 bits per heavy atom. The summed E-state index contributed by atoms with van der Waals surface area (Å²) in [6.45, 7) is 2.53. The van der Waals surface area contributed by atoms with Gasteiger partial charge < -0.3 is 10.6 Å². The van der Waals surface area contributed by atoms with Crippen molar-refractivity contribution < 1.29 is 4.79 Å². The Hall–Kier alpha value is -1.21. The predicted molar refractivity (Wildman–Crippen MR) is 49.1 cm³/mol. The SMILES string of the molecule is C#CCN1CCC2NC(=O)NC2C1. The number of terminal acetylenes is 1. The van der Waals surface area contributed by atoms with Crippen LogP contribution in [-0.4, -0.2) is 42.6 Å². The highest BCUT2D eigenvalue weighted by atomic mass is 16.2. The predicted octanol–water partition coefficient (Wildman–Crippen LogP) is -0.625. The van der Waals surface area contributed by atoms with Crippen LogP contribution in [0.25, 0.3) is 0 Å². The Morgan fingerprint density at radius 2 is 2.31 bits per heavy atom. The van der Waals surface area contributed by atoms with Crippen molar-refractivity contribution in [3.63, 3.8) is 0 Å². The molecule has 2 saturated heterocycles. The lowest BCUT2D eigenvalue weighted by Crippen LogP contribution is -2.50. The second-order valence-electron chi connectivity index (χ2n) is 3.56. The number of amides is 2. The molecule has 2 aliphatic heterocycles. The van der Waals surface area contributed by atoms with Crippen molar-refractivity contribution in [3.05, 3.63) is 0 Å². The molecule has 0 aliphatic carbocycles. The van der Waals surface area contributed by atoms with E-state index in [9.17, 15) is 4.79 Å². The molecule has 0 spiro atoms. The van der Waals surface area contributed by atoms with Gasteiger partial charge >= 0.3 is 6.03 Å². The van der Waals surface area contributed by atoms with Gasteiger partial charge in [0.05, 0.1) is 18.6 Å². The molecule has 0 aromatic rings. The molecule has 2 fully saturated rings. The highest BCUT2D eigenvalue weighted by Crippen LogP contribution is 2.14. The van der Waals surface area contributed by atoms with E-state index in [-0.39, 0.29) is 12.1 Å². The van der Waals surface area contributed by atoms with Crippen LogP contribution in [0, 0.1) is 12.3 Å². The number of rotatable bonds is 1. The van der Waals surface area contributed by atoms with E-state index in [0.29, 0.717) is 12.6 Å². The molecule has 2 N–H and O–H groups in total. The van der Waals surface area contributed by atoms with E-state index in [1.807, 2.05) is 0 Å². The minimum absolute atomic E-state index is 0.0439. The third-order valence-corrected chi connectivity index (χ3v) is 2.64. The maximum atomic E-state index is 11.0. The summed E-state index contributed by atoms with van der Waals surface area (Å²) in [6.07, 6.45) is 6.22. The van der Waals surface area contributed by atoms with Gasteiger partial charge in [-0.2, -0.15) is 0 Å². The van der Waals surface area contributed by atoms with E-state index in [1.54, 1.807) is 0 Å². The Bertz CT molecular complexity index is 258. The molecule has 0 radical (unpaired) electrons. The molecule has 2 rings (SSSR count). The molecule has 0 saturated carbocycles. The second kappa shape index (κ2) is 3.27. The summed E-state index contributed by atoms with van der Waals surface area (Å²) in [5, 5.41) is 5.77. The number of piperidine rings is 1. The molecular weight excluding hydrogens is 166 g/mol. The third kappa shape index (κ3) is 1.61. The maximum absolute atomic E-state index is 11.0. The summed E-state index contributed by atoms with van der Waals surface area (Å²) >= 11 is 0. The third-order valence-electron chi connectivity index (χ3n) is 2.64. The first-order valence-corrected chi connectivity index (χ1v) is 4.52. The molecule has 13 heavy (non-hydrogen) atoms. The molecule has 70 valence electrons. The fraction of sp³-hybridized carbons (Fsp3) is 0.667. The zero-order valence-corrected chi connectivity index (χ0v) is 7.42. The Morgan fingerprint density at radius 1 is 1.54 bits per heavy atom. The molecule has 0 aromatic carbocycles. The zero-order valence-electron chi connectivity index (χ0n) is 7.42. The summed E-state index contributed by atoms with van der Waals surface area (Å²) in [6, 6.07) is 0.508. The lowest BCUT2D eigenvalue weighted by Gasteiger charge is -2.32. The quantitative estimate of drug-likeness (QED) is 0.527. The van der Waals surface area contributed by atoms with Crippen LogP contribution in [0.5, 0.6) is 0 Å². The minimum atomic E-state index is -0.0439. The van der Waals surface area contributed by atoms with Crippen molar-refractivity contribution in [1.82, 2.24) is 15.5 Å². The van der Waals surface area contributed by atoms with Crippen LogP contribution >= 0.6 is 0 Å². The first-order chi connectivity index (χ1) is 6.29. The standard InChI is InChI=1S/C9H13N3O/c1-2-4-12-5-3-7-8(6-12)11-9(13)10-7/h1,7-8H,3-6H2,(H2,10,11,13). The van der Waals surface area contributed by atoms with Gasteiger partial charge in [-0.25, -0.2) is 4.79 Å². The van der Waals surface area contributed by atoms with Crippen molar-refractivity contribution >= 4 is 6.03 Å². The number of fused-ring (bicyclic) bond motifs is 1. The van der Waals surface area contributed by atoms with Gasteiger partial charge in [0.2, 0.25) is 0 Å². The highest BCUT2D eigenvalue weighted by molar-refractivity contribution is 5.77. The van der Waals surface area contributed by atoms with E-state index >= 15 is 0 Å². The molecule has 2 unspecified atom stereocenters. The Labute approximate surface area is 77.7 Å². The number of nitrogens with one attached hydrogen (secondary N) is 2. The molecule has 0 aromatic heterocycles. The van der Waals surface area contributed by atoms with Gasteiger partial charge in [-0.1, -0.05) is 5.92 Å². The fourth-order valence-corrected chi connectivity index (χ4v) is 1.99. The van der Waals surface area contributed by atoms with Crippen LogP contribution in [0.2, 0.25) is 0 Å². The molecule has 2 atom stereocenters. The lowest BCUT2D eigenvalue weighted by atomic mass is 10.0. The van der Waals surface area contributed by atoms with E-state index in [0.717, 1.165) is 19.5 Å². The number of nitrogens with zero attached hydrogens (tertiary/aromatic N) is 1. The van der Waals surface area contributed by atoms with Crippen LogP contribution in [-0.2, 0) is 0 Å². The summed E-state index contributed by atoms with van der Waals surface area (Å²) in [5.74, 6) is 2.62. The van der Waals surface area contributed by atoms with Gasteiger partial charge in [0.15, 0.2) is 0 Å². The molecule has 2 heterocycles. The second-order valence-corrected chi connectivity index (χ2v) is 3.56. The molecule has 0 bridgehead atoms. The van der Waals surface area contributed by atoms with Crippen LogP contribution < -0.4 is 10.6 Å². The number of hydrogen-bond donors (Lipinski definition) is 2. The zero-order chi connectivity index (χ0) is 9.26. The number of likely N-dealkylation sites (tertiary alicyclic amines) is 1. The van der Waals surface area contributed by atoms with Gasteiger partial charge in [-0.15, -0.1) is 6.42 Å². The molecule has 2 amide bonds. The van der Waals surface area contributed by atoms with Crippen LogP contribution in [0.3, 0.4) is 0 Å². The van der Waals surface area contributed by atoms with Crippen molar-refractivity contribution in [1.29, 1.82) is 0 Å². The van der Waals surface area contributed by atoms with Crippen molar-refractivity contribution in [2.24, 2.45) is 0 Å². The van der Waals surface area contributed by atoms with Crippen molar-refractivity contribution in [2.75, 3.05) is 19.6 Å². The van der Waals surface area contributed by atoms with Crippen molar-refractivity contribution in [3.8, 4) is 12.3 Å². The summed E-state index contributed by atoms with van der Waals surface area (Å²) in [7, 11) is 0. The summed E-state index contributed by atoms with van der Waals surface area (Å²) < 4.78 is 0. The monoisotopic (exact) mass is 179 g/mol. The largest absolute Gasteiger partial charge is 0.333 e. The lowest BCUT2D eigenvalue weighted by molar-refractivity contribution is 0.208. The molecular formula is C9H13N3O. The number of carbonyl (C=O) groups excluding carboxylic acids is 1. The molecule has 4 nitrogen and oxygen atoms in total. The van der Waals surface area contributed by atoms with Crippen LogP contribution in [0.4, 0.5) is 4.79 Å². The smallest absolute Gasteiger partial charge is 0.315 e. The first-order valence-electron chi connectivity index (χ1n) is 4.52. The van der Waals surface area contributed by atoms with Gasteiger partial charge in [0, 0.05) is 13.1 Å². The Kier molecular flexibility index (Phi) is 2.11. The van der Waals surface area contributed by atoms with E-state index < -0.39 is 0 Å². The maximum Gasteiger partial charge on any atom is 0.315 e. The van der Waals surface area contributed by atoms with E-state index in [4.69, 9.17) is 6.42 Å². The summed E-state index contributed by atoms with van der Waals surface area (Å²) in [5.41, 5.74) is 0. The number of urea groups is 1. The average Bonchev–Trinajstić information content (AvgIpc) is 2.44. The number of hydrogen-bond acceptors (Lipinski definition) is 2. The highest BCUT2D eigenvalue weighted by Gasteiger charge is 2.35. The van der Waals surface area contributed by atoms with E-state index in [2.05, 4.69) is 21.5 Å². The Balaban J connectivity index is 1.94. The van der Waals surface area contributed by atoms with Crippen LogP contribution in [0.1, 0.15) is 6.42 Å². The van der Waals surface area contributed by atoms with Gasteiger partial charge in [0.1, 0.15) is 0 Å². The van der Waals surface area contributed by atoms with Gasteiger partial charge in [0.25, 0.3) is 0 Å². The molecule has 4 heteroatoms.